The minimum Gasteiger partial charge on any atom is -0.373 e. The number of rotatable bonds is 8. The predicted molar refractivity (Wildman–Crippen MR) is 122 cm³/mol. The van der Waals surface area contributed by atoms with E-state index in [1.54, 1.807) is 12.1 Å². The number of aryl methyl sites for hydroxylation is 1. The van der Waals surface area contributed by atoms with E-state index in [9.17, 15) is 9.18 Å². The van der Waals surface area contributed by atoms with E-state index in [0.717, 1.165) is 25.2 Å². The van der Waals surface area contributed by atoms with E-state index in [-0.39, 0.29) is 30.4 Å². The molecule has 1 aromatic heterocycles. The number of aromatic nitrogens is 2. The third-order valence-corrected chi connectivity index (χ3v) is 5.55. The van der Waals surface area contributed by atoms with Gasteiger partial charge in [0.15, 0.2) is 0 Å². The third kappa shape index (κ3) is 6.69. The smallest absolute Gasteiger partial charge is 0.227 e. The first-order valence-corrected chi connectivity index (χ1v) is 11.3. The molecule has 3 aromatic rings. The summed E-state index contributed by atoms with van der Waals surface area (Å²) in [7, 11) is 0. The number of benzene rings is 2. The van der Waals surface area contributed by atoms with Crippen molar-refractivity contribution in [2.24, 2.45) is 0 Å². The number of hydrogen-bond acceptors (Lipinski definition) is 6. The van der Waals surface area contributed by atoms with Crippen molar-refractivity contribution >= 4 is 5.91 Å². The monoisotopic (exact) mass is 452 g/mol. The largest absolute Gasteiger partial charge is 0.373 e. The van der Waals surface area contributed by atoms with E-state index in [1.807, 2.05) is 0 Å². The molecule has 1 N–H and O–H groups in total. The maximum atomic E-state index is 13.0. The summed E-state index contributed by atoms with van der Waals surface area (Å²) in [4.78, 5) is 18.9. The number of hydrogen-bond donors (Lipinski definition) is 1. The molecule has 2 unspecified atom stereocenters. The van der Waals surface area contributed by atoms with E-state index in [4.69, 9.17) is 9.26 Å². The Hall–Kier alpha value is -3.10. The molecular weight excluding hydrogens is 423 g/mol. The quantitative estimate of drug-likeness (QED) is 0.561. The van der Waals surface area contributed by atoms with Crippen LogP contribution in [0.25, 0.3) is 11.4 Å². The second-order valence-electron chi connectivity index (χ2n) is 8.56. The second-order valence-corrected chi connectivity index (χ2v) is 8.56. The van der Waals surface area contributed by atoms with Crippen molar-refractivity contribution in [2.75, 3.05) is 13.1 Å². The van der Waals surface area contributed by atoms with Crippen molar-refractivity contribution < 1.29 is 18.4 Å². The molecule has 1 aliphatic rings. The molecule has 1 saturated heterocycles. The molecular formula is C25H29FN4O3. The highest BCUT2D eigenvalue weighted by atomic mass is 19.1. The molecule has 1 fully saturated rings. The van der Waals surface area contributed by atoms with Gasteiger partial charge in [-0.15, -0.1) is 0 Å². The Morgan fingerprint density at radius 3 is 2.42 bits per heavy atom. The zero-order chi connectivity index (χ0) is 23.2. The van der Waals surface area contributed by atoms with Gasteiger partial charge in [-0.25, -0.2) is 4.39 Å². The number of ether oxygens (including phenoxy) is 1. The van der Waals surface area contributed by atoms with Crippen molar-refractivity contribution in [2.45, 2.75) is 52.0 Å². The van der Waals surface area contributed by atoms with E-state index in [1.165, 1.54) is 17.7 Å². The van der Waals surface area contributed by atoms with E-state index >= 15 is 0 Å². The minimum absolute atomic E-state index is 0.0862. The topological polar surface area (TPSA) is 80.5 Å². The summed E-state index contributed by atoms with van der Waals surface area (Å²) >= 11 is 0. The number of carbonyl (C=O) groups is 1. The molecule has 2 aromatic carbocycles. The van der Waals surface area contributed by atoms with E-state index < -0.39 is 0 Å². The van der Waals surface area contributed by atoms with Crippen molar-refractivity contribution in [1.29, 1.82) is 0 Å². The number of nitrogens with zero attached hydrogens (tertiary/aromatic N) is 3. The lowest BCUT2D eigenvalue weighted by atomic mass is 10.1. The Morgan fingerprint density at radius 1 is 1.06 bits per heavy atom. The average molecular weight is 453 g/mol. The zero-order valence-electron chi connectivity index (χ0n) is 19.0. The van der Waals surface area contributed by atoms with Crippen LogP contribution in [0.1, 0.15) is 37.3 Å². The summed E-state index contributed by atoms with van der Waals surface area (Å²) in [5.74, 6) is 0.346. The molecule has 0 saturated carbocycles. The summed E-state index contributed by atoms with van der Waals surface area (Å²) in [6.07, 6.45) is 1.10. The third-order valence-electron chi connectivity index (χ3n) is 5.55. The van der Waals surface area contributed by atoms with E-state index in [0.29, 0.717) is 30.2 Å². The van der Waals surface area contributed by atoms with Gasteiger partial charge >= 0.3 is 0 Å². The summed E-state index contributed by atoms with van der Waals surface area (Å²) in [6, 6.07) is 14.2. The molecule has 1 aliphatic heterocycles. The van der Waals surface area contributed by atoms with Gasteiger partial charge in [-0.1, -0.05) is 29.4 Å². The minimum atomic E-state index is -0.324. The van der Waals surface area contributed by atoms with Crippen molar-refractivity contribution in [1.82, 2.24) is 20.4 Å². The molecule has 0 bridgehead atoms. The average Bonchev–Trinajstić information content (AvgIpc) is 3.26. The molecule has 8 heteroatoms. The fourth-order valence-corrected chi connectivity index (χ4v) is 4.02. The Morgan fingerprint density at radius 2 is 1.73 bits per heavy atom. The maximum Gasteiger partial charge on any atom is 0.227 e. The van der Waals surface area contributed by atoms with Crippen LogP contribution in [0.2, 0.25) is 0 Å². The molecule has 2 heterocycles. The number of carbonyl (C=O) groups excluding carboxylic acids is 1. The van der Waals surface area contributed by atoms with Crippen LogP contribution >= 0.6 is 0 Å². The number of amides is 1. The highest BCUT2D eigenvalue weighted by molar-refractivity contribution is 5.76. The van der Waals surface area contributed by atoms with Gasteiger partial charge in [-0.3, -0.25) is 9.69 Å². The standard InChI is InChI=1S/C25H29FN4O3/c1-17-14-30(15-18(2)32-17)16-20-5-3-19(4-6-20)13-27-23(31)11-12-24-28-25(29-33-24)21-7-9-22(26)10-8-21/h3-10,17-18H,11-16H2,1-2H3,(H,27,31). The first-order chi connectivity index (χ1) is 15.9. The maximum absolute atomic E-state index is 13.0. The molecule has 174 valence electrons. The summed E-state index contributed by atoms with van der Waals surface area (Å²) in [5, 5.41) is 6.82. The molecule has 2 atom stereocenters. The van der Waals surface area contributed by atoms with Gasteiger partial charge in [0.1, 0.15) is 5.82 Å². The molecule has 0 aliphatic carbocycles. The zero-order valence-corrected chi connectivity index (χ0v) is 19.0. The van der Waals surface area contributed by atoms with Crippen molar-refractivity contribution in [3.63, 3.8) is 0 Å². The van der Waals surface area contributed by atoms with Gasteiger partial charge in [0, 0.05) is 44.6 Å². The number of halogens is 1. The summed E-state index contributed by atoms with van der Waals surface area (Å²) in [6.45, 7) is 7.46. The van der Waals surface area contributed by atoms with Crippen molar-refractivity contribution in [3.05, 3.63) is 71.4 Å². The normalized spacial score (nSPS) is 18.9. The van der Waals surface area contributed by atoms with Gasteiger partial charge in [-0.05, 0) is 49.2 Å². The van der Waals surface area contributed by atoms with Crippen LogP contribution in [-0.4, -0.2) is 46.2 Å². The molecule has 1 amide bonds. The Bertz CT molecular complexity index is 1040. The molecule has 0 spiro atoms. The Labute approximate surface area is 192 Å². The lowest BCUT2D eigenvalue weighted by Gasteiger charge is -2.35. The SMILES string of the molecule is CC1CN(Cc2ccc(CNC(=O)CCc3nc(-c4ccc(F)cc4)no3)cc2)CC(C)O1. The van der Waals surface area contributed by atoms with Gasteiger partial charge in [0.05, 0.1) is 12.2 Å². The summed E-state index contributed by atoms with van der Waals surface area (Å²) < 4.78 is 24.0. The van der Waals surface area contributed by atoms with Crippen LogP contribution in [-0.2, 0) is 29.0 Å². The number of morpholine rings is 1. The number of nitrogens with one attached hydrogen (secondary N) is 1. The van der Waals surface area contributed by atoms with Crippen LogP contribution in [0.4, 0.5) is 4.39 Å². The molecule has 33 heavy (non-hydrogen) atoms. The predicted octanol–water partition coefficient (Wildman–Crippen LogP) is 3.73. The van der Waals surface area contributed by atoms with Gasteiger partial charge < -0.3 is 14.6 Å². The van der Waals surface area contributed by atoms with Crippen LogP contribution < -0.4 is 5.32 Å². The molecule has 4 rings (SSSR count). The molecule has 7 nitrogen and oxygen atoms in total. The highest BCUT2D eigenvalue weighted by Gasteiger charge is 2.22. The molecule has 0 radical (unpaired) electrons. The lowest BCUT2D eigenvalue weighted by Crippen LogP contribution is -2.44. The highest BCUT2D eigenvalue weighted by Crippen LogP contribution is 2.17. The van der Waals surface area contributed by atoms with Crippen LogP contribution in [0.5, 0.6) is 0 Å². The Kier molecular flexibility index (Phi) is 7.47. The first kappa shape index (κ1) is 23.1. The lowest BCUT2D eigenvalue weighted by molar-refractivity contribution is -0.121. The first-order valence-electron chi connectivity index (χ1n) is 11.3. The Balaban J connectivity index is 1.20. The summed E-state index contributed by atoms with van der Waals surface area (Å²) in [5.41, 5.74) is 2.96. The van der Waals surface area contributed by atoms with Crippen LogP contribution in [0, 0.1) is 5.82 Å². The van der Waals surface area contributed by atoms with Crippen LogP contribution in [0.15, 0.2) is 53.1 Å². The van der Waals surface area contributed by atoms with Gasteiger partial charge in [-0.2, -0.15) is 4.98 Å². The van der Waals surface area contributed by atoms with E-state index in [2.05, 4.69) is 58.5 Å². The van der Waals surface area contributed by atoms with Gasteiger partial charge in [0.25, 0.3) is 0 Å². The van der Waals surface area contributed by atoms with Crippen LogP contribution in [0.3, 0.4) is 0 Å². The second kappa shape index (κ2) is 10.7. The van der Waals surface area contributed by atoms with Crippen molar-refractivity contribution in [3.8, 4) is 11.4 Å². The fourth-order valence-electron chi connectivity index (χ4n) is 4.02. The fraction of sp³-hybridized carbons (Fsp3) is 0.400. The van der Waals surface area contributed by atoms with Gasteiger partial charge in [0.2, 0.25) is 17.6 Å².